The maximum Gasteiger partial charge on any atom is 0.255 e. The van der Waals surface area contributed by atoms with E-state index in [9.17, 15) is 4.79 Å². The molecule has 6 heteroatoms. The van der Waals surface area contributed by atoms with Crippen molar-refractivity contribution in [2.45, 2.75) is 13.0 Å². The summed E-state index contributed by atoms with van der Waals surface area (Å²) in [6.45, 7) is 1.87. The van der Waals surface area contributed by atoms with E-state index in [0.717, 1.165) is 27.8 Å². The van der Waals surface area contributed by atoms with Crippen LogP contribution in [0, 0.1) is 0 Å². The summed E-state index contributed by atoms with van der Waals surface area (Å²) in [4.78, 5) is 13.2. The number of thiocarbonyl (C=S) groups is 1. The number of amides is 1. The topological polar surface area (TPSA) is 62.4 Å². The molecule has 0 saturated carbocycles. The minimum atomic E-state index is -0.354. The van der Waals surface area contributed by atoms with Crippen molar-refractivity contribution in [1.29, 1.82) is 0 Å². The fourth-order valence-corrected chi connectivity index (χ4v) is 3.87. The molecule has 146 valence electrons. The Morgan fingerprint density at radius 1 is 1.03 bits per heavy atom. The summed E-state index contributed by atoms with van der Waals surface area (Å²) in [6, 6.07) is 21.1. The van der Waals surface area contributed by atoms with Gasteiger partial charge in [-0.25, -0.2) is 0 Å². The van der Waals surface area contributed by atoms with Crippen LogP contribution in [0.1, 0.15) is 18.5 Å². The summed E-state index contributed by atoms with van der Waals surface area (Å²) >= 11 is 5.38. The Labute approximate surface area is 174 Å². The van der Waals surface area contributed by atoms with Crippen LogP contribution < -0.4 is 20.7 Å². The molecule has 0 aromatic heterocycles. The van der Waals surface area contributed by atoms with Crippen molar-refractivity contribution in [2.75, 3.05) is 12.4 Å². The number of methoxy groups -OCH3 is 1. The largest absolute Gasteiger partial charge is 0.497 e. The highest BCUT2D eigenvalue weighted by molar-refractivity contribution is 7.80. The standard InChI is InChI=1S/C23H21N3O2S/c1-14-20(22(27)25-16-10-12-17(28-2)13-11-16)21(26-23(29)24-14)19-9-5-7-15-6-3-4-8-18(15)19/h3-13,21H,1-2H3,(H,25,27)(H2,24,26,29)/t21-/m0/s1. The monoisotopic (exact) mass is 403 g/mol. The molecule has 4 rings (SSSR count). The third-order valence-corrected chi connectivity index (χ3v) is 5.22. The molecule has 5 nitrogen and oxygen atoms in total. The number of carbonyl (C=O) groups is 1. The molecule has 0 aliphatic carbocycles. The lowest BCUT2D eigenvalue weighted by Gasteiger charge is -2.31. The molecule has 0 bridgehead atoms. The van der Waals surface area contributed by atoms with Gasteiger partial charge in [-0.2, -0.15) is 0 Å². The Morgan fingerprint density at radius 2 is 1.76 bits per heavy atom. The van der Waals surface area contributed by atoms with E-state index in [4.69, 9.17) is 17.0 Å². The zero-order valence-electron chi connectivity index (χ0n) is 16.2. The molecule has 0 fully saturated rings. The molecular weight excluding hydrogens is 382 g/mol. The van der Waals surface area contributed by atoms with Crippen LogP contribution in [0.5, 0.6) is 5.75 Å². The third kappa shape index (κ3) is 3.79. The number of allylic oxidation sites excluding steroid dienone is 1. The van der Waals surface area contributed by atoms with Gasteiger partial charge >= 0.3 is 0 Å². The average molecular weight is 404 g/mol. The highest BCUT2D eigenvalue weighted by atomic mass is 32.1. The predicted octanol–water partition coefficient (Wildman–Crippen LogP) is 4.28. The normalized spacial score (nSPS) is 16.2. The fraction of sp³-hybridized carbons (Fsp3) is 0.130. The van der Waals surface area contributed by atoms with Gasteiger partial charge in [0, 0.05) is 11.4 Å². The number of fused-ring (bicyclic) bond motifs is 1. The molecule has 3 aromatic rings. The molecule has 0 spiro atoms. The molecule has 1 heterocycles. The number of rotatable bonds is 4. The highest BCUT2D eigenvalue weighted by Gasteiger charge is 2.30. The van der Waals surface area contributed by atoms with Crippen LogP contribution in [0.2, 0.25) is 0 Å². The lowest BCUT2D eigenvalue weighted by molar-refractivity contribution is -0.113. The second-order valence-corrected chi connectivity index (χ2v) is 7.23. The second kappa shape index (κ2) is 7.93. The Bertz CT molecular complexity index is 1120. The van der Waals surface area contributed by atoms with Crippen molar-refractivity contribution in [3.8, 4) is 5.75 Å². The Kier molecular flexibility index (Phi) is 5.18. The number of ether oxygens (including phenoxy) is 1. The van der Waals surface area contributed by atoms with E-state index >= 15 is 0 Å². The zero-order valence-corrected chi connectivity index (χ0v) is 17.0. The quantitative estimate of drug-likeness (QED) is 0.568. The van der Waals surface area contributed by atoms with E-state index in [1.54, 1.807) is 7.11 Å². The molecule has 0 radical (unpaired) electrons. The number of hydrogen-bond donors (Lipinski definition) is 3. The maximum absolute atomic E-state index is 13.2. The van der Waals surface area contributed by atoms with Gasteiger partial charge in [0.05, 0.1) is 18.7 Å². The number of nitrogens with one attached hydrogen (secondary N) is 3. The van der Waals surface area contributed by atoms with Crippen LogP contribution in [-0.2, 0) is 4.79 Å². The van der Waals surface area contributed by atoms with Crippen LogP contribution in [0.3, 0.4) is 0 Å². The van der Waals surface area contributed by atoms with E-state index in [2.05, 4.69) is 34.1 Å². The number of carbonyl (C=O) groups excluding carboxylic acids is 1. The van der Waals surface area contributed by atoms with Gasteiger partial charge in [0.25, 0.3) is 5.91 Å². The summed E-state index contributed by atoms with van der Waals surface area (Å²) in [5.41, 5.74) is 3.04. The Hall–Kier alpha value is -3.38. The lowest BCUT2D eigenvalue weighted by atomic mass is 9.91. The van der Waals surface area contributed by atoms with Gasteiger partial charge in [0.1, 0.15) is 5.75 Å². The zero-order chi connectivity index (χ0) is 20.4. The van der Waals surface area contributed by atoms with Crippen molar-refractivity contribution < 1.29 is 9.53 Å². The average Bonchev–Trinajstić information content (AvgIpc) is 2.73. The highest BCUT2D eigenvalue weighted by Crippen LogP contribution is 2.32. The van der Waals surface area contributed by atoms with Crippen molar-refractivity contribution in [1.82, 2.24) is 10.6 Å². The third-order valence-electron chi connectivity index (χ3n) is 5.00. The van der Waals surface area contributed by atoms with Gasteiger partial charge in [-0.3, -0.25) is 4.79 Å². The molecule has 3 aromatic carbocycles. The van der Waals surface area contributed by atoms with Crippen LogP contribution in [-0.4, -0.2) is 18.1 Å². The van der Waals surface area contributed by atoms with Gasteiger partial charge < -0.3 is 20.7 Å². The first kappa shape index (κ1) is 19.0. The molecular formula is C23H21N3O2S. The van der Waals surface area contributed by atoms with Crippen molar-refractivity contribution in [3.05, 3.63) is 83.6 Å². The van der Waals surface area contributed by atoms with Crippen LogP contribution in [0.25, 0.3) is 10.8 Å². The van der Waals surface area contributed by atoms with Crippen LogP contribution >= 0.6 is 12.2 Å². The molecule has 1 amide bonds. The maximum atomic E-state index is 13.2. The van der Waals surface area contributed by atoms with E-state index in [0.29, 0.717) is 16.4 Å². The Balaban J connectivity index is 1.73. The fourth-order valence-electron chi connectivity index (χ4n) is 3.60. The second-order valence-electron chi connectivity index (χ2n) is 6.82. The SMILES string of the molecule is COc1ccc(NC(=O)C2=C(C)NC(=S)N[C@H]2c2cccc3ccccc23)cc1. The molecule has 29 heavy (non-hydrogen) atoms. The first-order chi connectivity index (χ1) is 14.1. The first-order valence-electron chi connectivity index (χ1n) is 9.28. The summed E-state index contributed by atoms with van der Waals surface area (Å²) in [5.74, 6) is 0.548. The van der Waals surface area contributed by atoms with E-state index < -0.39 is 0 Å². The van der Waals surface area contributed by atoms with Crippen LogP contribution in [0.4, 0.5) is 5.69 Å². The summed E-state index contributed by atoms with van der Waals surface area (Å²) in [7, 11) is 1.61. The van der Waals surface area contributed by atoms with Crippen LogP contribution in [0.15, 0.2) is 78.0 Å². The van der Waals surface area contributed by atoms with Crippen molar-refractivity contribution >= 4 is 39.7 Å². The number of benzene rings is 3. The van der Waals surface area contributed by atoms with Crippen molar-refractivity contribution in [3.63, 3.8) is 0 Å². The predicted molar refractivity (Wildman–Crippen MR) is 120 cm³/mol. The van der Waals surface area contributed by atoms with Gasteiger partial charge in [-0.15, -0.1) is 0 Å². The summed E-state index contributed by atoms with van der Waals surface area (Å²) in [5, 5.41) is 12.0. The molecule has 0 saturated heterocycles. The molecule has 3 N–H and O–H groups in total. The lowest BCUT2D eigenvalue weighted by Crippen LogP contribution is -2.45. The van der Waals surface area contributed by atoms with Crippen molar-refractivity contribution in [2.24, 2.45) is 0 Å². The molecule has 1 aliphatic rings. The molecule has 1 atom stereocenters. The minimum Gasteiger partial charge on any atom is -0.497 e. The number of hydrogen-bond acceptors (Lipinski definition) is 3. The minimum absolute atomic E-state index is 0.187. The van der Waals surface area contributed by atoms with Gasteiger partial charge in [-0.1, -0.05) is 42.5 Å². The smallest absolute Gasteiger partial charge is 0.255 e. The van der Waals surface area contributed by atoms with E-state index in [1.807, 2.05) is 55.5 Å². The Morgan fingerprint density at radius 3 is 2.52 bits per heavy atom. The number of anilines is 1. The van der Waals surface area contributed by atoms with Gasteiger partial charge in [0.2, 0.25) is 0 Å². The van der Waals surface area contributed by atoms with Gasteiger partial charge in [-0.05, 0) is 59.7 Å². The van der Waals surface area contributed by atoms with E-state index in [-0.39, 0.29) is 11.9 Å². The summed E-state index contributed by atoms with van der Waals surface area (Å²) in [6.07, 6.45) is 0. The first-order valence-corrected chi connectivity index (χ1v) is 9.69. The molecule has 1 aliphatic heterocycles. The summed E-state index contributed by atoms with van der Waals surface area (Å²) < 4.78 is 5.18. The van der Waals surface area contributed by atoms with Gasteiger partial charge in [0.15, 0.2) is 5.11 Å². The van der Waals surface area contributed by atoms with E-state index in [1.165, 1.54) is 0 Å². The molecule has 0 unspecified atom stereocenters.